The van der Waals surface area contributed by atoms with Crippen LogP contribution in [0.25, 0.3) is 0 Å². The predicted octanol–water partition coefficient (Wildman–Crippen LogP) is 1.23. The average Bonchev–Trinajstić information content (AvgIpc) is 1.68. The standard InChI is InChI=1S/C5H11NO/c1-3-5-6(7)4-2/h3,5,7H,4H2,1-2H3. The summed E-state index contributed by atoms with van der Waals surface area (Å²) in [5.41, 5.74) is 0. The number of hydrogen-bond acceptors (Lipinski definition) is 2. The van der Waals surface area contributed by atoms with E-state index < -0.39 is 0 Å². The Balaban J connectivity index is 3.16. The average molecular weight is 101 g/mol. The van der Waals surface area contributed by atoms with Crippen molar-refractivity contribution in [2.45, 2.75) is 13.8 Å². The summed E-state index contributed by atoms with van der Waals surface area (Å²) in [6.45, 7) is 4.38. The quantitative estimate of drug-likeness (QED) is 0.529. The molecule has 0 saturated heterocycles. The van der Waals surface area contributed by atoms with Crippen molar-refractivity contribution in [1.82, 2.24) is 5.06 Å². The molecule has 0 aromatic carbocycles. The Morgan fingerprint density at radius 2 is 2.29 bits per heavy atom. The van der Waals surface area contributed by atoms with Gasteiger partial charge in [-0.25, -0.2) is 0 Å². The van der Waals surface area contributed by atoms with Crippen LogP contribution in [0.15, 0.2) is 12.3 Å². The molecule has 0 unspecified atom stereocenters. The third-order valence-electron chi connectivity index (χ3n) is 0.645. The van der Waals surface area contributed by atoms with E-state index in [-0.39, 0.29) is 0 Å². The molecule has 1 N–H and O–H groups in total. The van der Waals surface area contributed by atoms with Crippen molar-refractivity contribution < 1.29 is 5.21 Å². The van der Waals surface area contributed by atoms with Crippen molar-refractivity contribution in [3.8, 4) is 0 Å². The third kappa shape index (κ3) is 3.33. The zero-order valence-corrected chi connectivity index (χ0v) is 4.76. The fraction of sp³-hybridized carbons (Fsp3) is 0.600. The molecule has 0 rings (SSSR count). The van der Waals surface area contributed by atoms with Crippen LogP contribution in [-0.2, 0) is 0 Å². The first kappa shape index (κ1) is 6.50. The van der Waals surface area contributed by atoms with Crippen LogP contribution in [0, 0.1) is 0 Å². The fourth-order valence-corrected chi connectivity index (χ4v) is 0.277. The Morgan fingerprint density at radius 3 is 2.43 bits per heavy atom. The highest BCUT2D eigenvalue weighted by molar-refractivity contribution is 4.71. The second-order valence-electron chi connectivity index (χ2n) is 1.24. The maximum Gasteiger partial charge on any atom is 0.0418 e. The van der Waals surface area contributed by atoms with Crippen molar-refractivity contribution in [3.63, 3.8) is 0 Å². The maximum atomic E-state index is 8.60. The van der Waals surface area contributed by atoms with Gasteiger partial charge in [-0.15, -0.1) is 0 Å². The van der Waals surface area contributed by atoms with E-state index in [1.54, 1.807) is 12.3 Å². The number of rotatable bonds is 2. The van der Waals surface area contributed by atoms with E-state index in [0.717, 1.165) is 5.06 Å². The summed E-state index contributed by atoms with van der Waals surface area (Å²) < 4.78 is 0. The number of hydroxylamine groups is 2. The molecule has 0 aliphatic heterocycles. The van der Waals surface area contributed by atoms with Crippen LogP contribution in [0.4, 0.5) is 0 Å². The van der Waals surface area contributed by atoms with Gasteiger partial charge in [0.25, 0.3) is 0 Å². The van der Waals surface area contributed by atoms with Crippen molar-refractivity contribution in [2.24, 2.45) is 0 Å². The Labute approximate surface area is 44.0 Å². The van der Waals surface area contributed by atoms with Gasteiger partial charge in [0.2, 0.25) is 0 Å². The van der Waals surface area contributed by atoms with E-state index in [2.05, 4.69) is 0 Å². The van der Waals surface area contributed by atoms with E-state index in [0.29, 0.717) is 6.54 Å². The monoisotopic (exact) mass is 101 g/mol. The minimum atomic E-state index is 0.643. The van der Waals surface area contributed by atoms with Gasteiger partial charge in [0, 0.05) is 12.7 Å². The van der Waals surface area contributed by atoms with Gasteiger partial charge in [-0.05, 0) is 13.8 Å². The SMILES string of the molecule is CC=CN(O)CC. The van der Waals surface area contributed by atoms with Gasteiger partial charge in [0.1, 0.15) is 0 Å². The second kappa shape index (κ2) is 3.68. The van der Waals surface area contributed by atoms with Gasteiger partial charge in [0.05, 0.1) is 0 Å². The normalized spacial score (nSPS) is 10.1. The van der Waals surface area contributed by atoms with Crippen LogP contribution in [0.5, 0.6) is 0 Å². The summed E-state index contributed by atoms with van der Waals surface area (Å²) in [7, 11) is 0. The van der Waals surface area contributed by atoms with Crippen molar-refractivity contribution in [3.05, 3.63) is 12.3 Å². The molecule has 2 heteroatoms. The molecular formula is C5H11NO. The van der Waals surface area contributed by atoms with Crippen LogP contribution in [0.2, 0.25) is 0 Å². The topological polar surface area (TPSA) is 23.5 Å². The highest BCUT2D eigenvalue weighted by atomic mass is 16.5. The first-order chi connectivity index (χ1) is 3.31. The summed E-state index contributed by atoms with van der Waals surface area (Å²) in [4.78, 5) is 0. The maximum absolute atomic E-state index is 8.60. The van der Waals surface area contributed by atoms with Crippen LogP contribution in [0.1, 0.15) is 13.8 Å². The molecule has 42 valence electrons. The van der Waals surface area contributed by atoms with Gasteiger partial charge < -0.3 is 0 Å². The number of hydrogen-bond donors (Lipinski definition) is 1. The molecule has 0 saturated carbocycles. The van der Waals surface area contributed by atoms with Gasteiger partial charge in [-0.2, -0.15) is 0 Å². The molecule has 0 fully saturated rings. The molecule has 0 spiro atoms. The third-order valence-corrected chi connectivity index (χ3v) is 0.645. The minimum Gasteiger partial charge on any atom is -0.289 e. The first-order valence-corrected chi connectivity index (χ1v) is 2.39. The van der Waals surface area contributed by atoms with E-state index >= 15 is 0 Å². The van der Waals surface area contributed by atoms with E-state index in [1.165, 1.54) is 0 Å². The second-order valence-corrected chi connectivity index (χ2v) is 1.24. The van der Waals surface area contributed by atoms with Gasteiger partial charge in [-0.1, -0.05) is 6.08 Å². The van der Waals surface area contributed by atoms with Crippen LogP contribution >= 0.6 is 0 Å². The molecule has 0 aromatic rings. The minimum absolute atomic E-state index is 0.643. The van der Waals surface area contributed by atoms with Gasteiger partial charge in [0.15, 0.2) is 0 Å². The summed E-state index contributed by atoms with van der Waals surface area (Å²) in [6, 6.07) is 0. The van der Waals surface area contributed by atoms with Crippen molar-refractivity contribution in [2.75, 3.05) is 6.54 Å². The highest BCUT2D eigenvalue weighted by Gasteiger charge is 1.79. The van der Waals surface area contributed by atoms with Gasteiger partial charge >= 0.3 is 0 Å². The van der Waals surface area contributed by atoms with E-state index in [9.17, 15) is 0 Å². The lowest BCUT2D eigenvalue weighted by Gasteiger charge is -2.04. The molecule has 2 nitrogen and oxygen atoms in total. The molecule has 0 heterocycles. The smallest absolute Gasteiger partial charge is 0.0418 e. The Kier molecular flexibility index (Phi) is 3.42. The summed E-state index contributed by atoms with van der Waals surface area (Å²) in [5, 5.41) is 9.73. The molecule has 0 aliphatic rings. The van der Waals surface area contributed by atoms with Crippen LogP contribution in [0.3, 0.4) is 0 Å². The predicted molar refractivity (Wildman–Crippen MR) is 29.0 cm³/mol. The number of allylic oxidation sites excluding steroid dienone is 1. The summed E-state index contributed by atoms with van der Waals surface area (Å²) in [5.74, 6) is 0. The molecular weight excluding hydrogens is 90.1 g/mol. The highest BCUT2D eigenvalue weighted by Crippen LogP contribution is 1.78. The number of nitrogens with zero attached hydrogens (tertiary/aromatic N) is 1. The molecule has 0 radical (unpaired) electrons. The van der Waals surface area contributed by atoms with Crippen LogP contribution < -0.4 is 0 Å². The lowest BCUT2D eigenvalue weighted by molar-refractivity contribution is -0.0355. The first-order valence-electron chi connectivity index (χ1n) is 2.39. The van der Waals surface area contributed by atoms with Gasteiger partial charge in [-0.3, -0.25) is 10.3 Å². The van der Waals surface area contributed by atoms with E-state index in [4.69, 9.17) is 5.21 Å². The summed E-state index contributed by atoms with van der Waals surface area (Å²) >= 11 is 0. The largest absolute Gasteiger partial charge is 0.289 e. The molecule has 7 heavy (non-hydrogen) atoms. The molecule has 0 atom stereocenters. The molecule has 0 bridgehead atoms. The lowest BCUT2D eigenvalue weighted by Crippen LogP contribution is -2.08. The Bertz CT molecular complexity index is 61.1. The molecule has 0 aromatic heterocycles. The molecule has 0 amide bonds. The van der Waals surface area contributed by atoms with Crippen molar-refractivity contribution >= 4 is 0 Å². The Hall–Kier alpha value is -0.500. The lowest BCUT2D eigenvalue weighted by atomic mass is 10.6. The fourth-order valence-electron chi connectivity index (χ4n) is 0.277. The van der Waals surface area contributed by atoms with Crippen molar-refractivity contribution in [1.29, 1.82) is 0 Å². The summed E-state index contributed by atoms with van der Waals surface area (Å²) in [6.07, 6.45) is 3.39. The van der Waals surface area contributed by atoms with Crippen LogP contribution in [-0.4, -0.2) is 16.8 Å². The molecule has 0 aliphatic carbocycles. The Morgan fingerprint density at radius 1 is 1.71 bits per heavy atom. The zero-order valence-electron chi connectivity index (χ0n) is 4.76. The zero-order chi connectivity index (χ0) is 5.70. The van der Waals surface area contributed by atoms with E-state index in [1.807, 2.05) is 13.8 Å².